The molecule has 0 unspecified atom stereocenters. The summed E-state index contributed by atoms with van der Waals surface area (Å²) in [6.45, 7) is 11.8. The Bertz CT molecular complexity index is 643. The van der Waals surface area contributed by atoms with Crippen LogP contribution in [-0.2, 0) is 19.1 Å². The van der Waals surface area contributed by atoms with Crippen LogP contribution >= 0.6 is 0 Å². The van der Waals surface area contributed by atoms with Gasteiger partial charge in [0.1, 0.15) is 17.7 Å². The summed E-state index contributed by atoms with van der Waals surface area (Å²) >= 11 is 0. The van der Waals surface area contributed by atoms with Crippen molar-refractivity contribution in [2.45, 2.75) is 77.0 Å². The van der Waals surface area contributed by atoms with Gasteiger partial charge in [-0.3, -0.25) is 4.79 Å². The number of rotatable bonds is 8. The van der Waals surface area contributed by atoms with Crippen molar-refractivity contribution in [1.82, 2.24) is 15.5 Å². The Morgan fingerprint density at radius 3 is 2.33 bits per heavy atom. The highest BCUT2D eigenvalue weighted by Gasteiger charge is 2.38. The second-order valence-electron chi connectivity index (χ2n) is 9.55. The second kappa shape index (κ2) is 10.6. The van der Waals surface area contributed by atoms with Gasteiger partial charge in [0.25, 0.3) is 0 Å². The number of nitrogens with zero attached hydrogens (tertiary/aromatic N) is 1. The zero-order valence-electron chi connectivity index (χ0n) is 18.7. The molecule has 0 aromatic carbocycles. The first-order chi connectivity index (χ1) is 13.7. The van der Waals surface area contributed by atoms with Crippen LogP contribution in [0.1, 0.15) is 33.6 Å². The first-order valence-electron chi connectivity index (χ1n) is 10.1. The molecule has 1 aliphatic rings. The molecule has 0 radical (unpaired) electrons. The summed E-state index contributed by atoms with van der Waals surface area (Å²) in [5.41, 5.74) is -0.726. The molecule has 0 saturated carbocycles. The number of hydrogen-bond acceptors (Lipinski definition) is 6. The van der Waals surface area contributed by atoms with E-state index in [2.05, 4.69) is 30.3 Å². The normalized spacial score (nSPS) is 17.8. The number of ether oxygens (including phenoxy) is 2. The molecule has 1 saturated heterocycles. The van der Waals surface area contributed by atoms with Gasteiger partial charge in [-0.25, -0.2) is 14.4 Å². The Labute approximate surface area is 178 Å². The molecule has 172 valence electrons. The zero-order valence-corrected chi connectivity index (χ0v) is 19.7. The van der Waals surface area contributed by atoms with E-state index in [9.17, 15) is 24.3 Å². The molecule has 10 nitrogen and oxygen atoms in total. The largest absolute Gasteiger partial charge is 0.480 e. The van der Waals surface area contributed by atoms with E-state index in [0.29, 0.717) is 12.8 Å². The third-order valence-electron chi connectivity index (χ3n) is 4.35. The lowest BCUT2D eigenvalue weighted by atomic mass is 10.2. The maximum atomic E-state index is 12.9. The monoisotopic (exact) mass is 445 g/mol. The van der Waals surface area contributed by atoms with Gasteiger partial charge in [-0.1, -0.05) is 19.6 Å². The van der Waals surface area contributed by atoms with E-state index in [1.54, 1.807) is 20.8 Å². The Balaban J connectivity index is 2.80. The lowest BCUT2D eigenvalue weighted by molar-refractivity contribution is -0.148. The molecule has 2 atom stereocenters. The van der Waals surface area contributed by atoms with E-state index < -0.39 is 49.8 Å². The quantitative estimate of drug-likeness (QED) is 0.487. The molecule has 11 heteroatoms. The van der Waals surface area contributed by atoms with E-state index in [-0.39, 0.29) is 19.7 Å². The Morgan fingerprint density at radius 1 is 1.17 bits per heavy atom. The minimum atomic E-state index is -1.40. The van der Waals surface area contributed by atoms with Gasteiger partial charge in [-0.2, -0.15) is 0 Å². The van der Waals surface area contributed by atoms with Crippen molar-refractivity contribution in [2.75, 3.05) is 19.7 Å². The van der Waals surface area contributed by atoms with E-state index in [4.69, 9.17) is 9.47 Å². The van der Waals surface area contributed by atoms with E-state index >= 15 is 0 Å². The van der Waals surface area contributed by atoms with Crippen LogP contribution in [0.2, 0.25) is 25.7 Å². The SMILES string of the molecule is CC(C)(C)OC(=O)NC[C@H](NC(=O)OCC[Si](C)(C)C)C(=O)N1CCC[C@H]1C(=O)O. The first-order valence-corrected chi connectivity index (χ1v) is 13.8. The van der Waals surface area contributed by atoms with E-state index in [0.717, 1.165) is 6.04 Å². The number of nitrogens with one attached hydrogen (secondary N) is 2. The number of carbonyl (C=O) groups excluding carboxylic acids is 3. The molecule has 0 spiro atoms. The van der Waals surface area contributed by atoms with Crippen LogP contribution in [0.15, 0.2) is 0 Å². The molecule has 3 amide bonds. The highest BCUT2D eigenvalue weighted by Crippen LogP contribution is 2.18. The van der Waals surface area contributed by atoms with Crippen molar-refractivity contribution < 1.29 is 33.8 Å². The molecule has 1 fully saturated rings. The number of carbonyl (C=O) groups is 4. The number of amides is 3. The molecular weight excluding hydrogens is 410 g/mol. The van der Waals surface area contributed by atoms with E-state index in [1.807, 2.05) is 0 Å². The number of likely N-dealkylation sites (tertiary alicyclic amines) is 1. The van der Waals surface area contributed by atoms with Gasteiger partial charge in [0.05, 0.1) is 13.2 Å². The maximum Gasteiger partial charge on any atom is 0.407 e. The van der Waals surface area contributed by atoms with Crippen molar-refractivity contribution in [3.8, 4) is 0 Å². The van der Waals surface area contributed by atoms with Gasteiger partial charge in [0.2, 0.25) is 5.91 Å². The molecule has 30 heavy (non-hydrogen) atoms. The Hall–Kier alpha value is -2.30. The summed E-state index contributed by atoms with van der Waals surface area (Å²) < 4.78 is 10.3. The summed E-state index contributed by atoms with van der Waals surface area (Å²) in [5.74, 6) is -1.68. The summed E-state index contributed by atoms with van der Waals surface area (Å²) in [6, 6.07) is -1.36. The minimum Gasteiger partial charge on any atom is -0.480 e. The summed E-state index contributed by atoms with van der Waals surface area (Å²) in [7, 11) is -1.40. The predicted molar refractivity (Wildman–Crippen MR) is 113 cm³/mol. The number of aliphatic carboxylic acids is 1. The van der Waals surface area contributed by atoms with Crippen molar-refractivity contribution in [2.24, 2.45) is 0 Å². The lowest BCUT2D eigenvalue weighted by Gasteiger charge is -2.28. The average molecular weight is 446 g/mol. The lowest BCUT2D eigenvalue weighted by Crippen LogP contribution is -2.56. The second-order valence-corrected chi connectivity index (χ2v) is 15.2. The van der Waals surface area contributed by atoms with Crippen molar-refractivity contribution >= 4 is 32.1 Å². The molecular formula is C19H35N3O7Si. The van der Waals surface area contributed by atoms with Crippen LogP contribution in [0, 0.1) is 0 Å². The fraction of sp³-hybridized carbons (Fsp3) is 0.789. The van der Waals surface area contributed by atoms with Crippen LogP contribution < -0.4 is 10.6 Å². The van der Waals surface area contributed by atoms with Gasteiger partial charge in [-0.15, -0.1) is 0 Å². The van der Waals surface area contributed by atoms with Crippen molar-refractivity contribution in [3.05, 3.63) is 0 Å². The standard InChI is InChI=1S/C19H35N3O7Si/c1-19(2,3)29-17(26)20-12-13(21-18(27)28-10-11-30(4,5)6)15(23)22-9-7-8-14(22)16(24)25/h13-14H,7-12H2,1-6H3,(H,20,26)(H,21,27)(H,24,25)/t13-,14-/m0/s1. The number of carboxylic acids is 1. The average Bonchev–Trinajstić information content (AvgIpc) is 3.05. The maximum absolute atomic E-state index is 12.9. The third kappa shape index (κ3) is 9.46. The molecule has 0 aromatic rings. The predicted octanol–water partition coefficient (Wildman–Crippen LogP) is 2.02. The van der Waals surface area contributed by atoms with Crippen LogP contribution in [0.4, 0.5) is 9.59 Å². The van der Waals surface area contributed by atoms with Gasteiger partial charge in [-0.05, 0) is 39.7 Å². The number of alkyl carbamates (subject to hydrolysis) is 2. The Morgan fingerprint density at radius 2 is 1.80 bits per heavy atom. The number of carboxylic acid groups (broad SMARTS) is 1. The first kappa shape index (κ1) is 25.7. The molecule has 1 aliphatic heterocycles. The minimum absolute atomic E-state index is 0.226. The fourth-order valence-electron chi connectivity index (χ4n) is 2.82. The van der Waals surface area contributed by atoms with Gasteiger partial charge < -0.3 is 30.1 Å². The molecule has 3 N–H and O–H groups in total. The highest BCUT2D eigenvalue weighted by molar-refractivity contribution is 6.76. The number of hydrogen-bond donors (Lipinski definition) is 3. The van der Waals surface area contributed by atoms with Gasteiger partial charge >= 0.3 is 18.2 Å². The smallest absolute Gasteiger partial charge is 0.407 e. The Kier molecular flexibility index (Phi) is 9.13. The highest BCUT2D eigenvalue weighted by atomic mass is 28.3. The van der Waals surface area contributed by atoms with Crippen molar-refractivity contribution in [1.29, 1.82) is 0 Å². The summed E-state index contributed by atoms with van der Waals surface area (Å²) in [4.78, 5) is 49.7. The van der Waals surface area contributed by atoms with Crippen LogP contribution in [0.5, 0.6) is 0 Å². The topological polar surface area (TPSA) is 134 Å². The van der Waals surface area contributed by atoms with Gasteiger partial charge in [0, 0.05) is 14.6 Å². The van der Waals surface area contributed by atoms with Crippen molar-refractivity contribution in [3.63, 3.8) is 0 Å². The van der Waals surface area contributed by atoms with Crippen LogP contribution in [-0.4, -0.2) is 79.5 Å². The third-order valence-corrected chi connectivity index (χ3v) is 6.05. The van der Waals surface area contributed by atoms with Crippen LogP contribution in [0.25, 0.3) is 0 Å². The molecule has 0 aromatic heterocycles. The fourth-order valence-corrected chi connectivity index (χ4v) is 3.54. The zero-order chi connectivity index (χ0) is 23.1. The van der Waals surface area contributed by atoms with E-state index in [1.165, 1.54) is 4.90 Å². The summed E-state index contributed by atoms with van der Waals surface area (Å²) in [6.07, 6.45) is -0.641. The van der Waals surface area contributed by atoms with Crippen LogP contribution in [0.3, 0.4) is 0 Å². The van der Waals surface area contributed by atoms with Gasteiger partial charge in [0.15, 0.2) is 0 Å². The summed E-state index contributed by atoms with van der Waals surface area (Å²) in [5, 5.41) is 14.3. The molecule has 0 aliphatic carbocycles. The molecule has 0 bridgehead atoms. The molecule has 1 heterocycles. The molecule has 1 rings (SSSR count).